The molecule has 0 saturated carbocycles. The van der Waals surface area contributed by atoms with Gasteiger partial charge in [-0.25, -0.2) is 4.98 Å². The topological polar surface area (TPSA) is 79.9 Å². The fourth-order valence-corrected chi connectivity index (χ4v) is 0.781. The van der Waals surface area contributed by atoms with Crippen LogP contribution in [0.15, 0.2) is 6.33 Å². The number of methoxy groups -OCH3 is 1. The predicted molar refractivity (Wildman–Crippen MR) is 44.7 cm³/mol. The summed E-state index contributed by atoms with van der Waals surface area (Å²) in [5.74, 6) is 0.587. The van der Waals surface area contributed by atoms with Gasteiger partial charge in [0.1, 0.15) is 12.2 Å². The monoisotopic (exact) mass is 184 g/mol. The van der Waals surface area contributed by atoms with Crippen molar-refractivity contribution in [3.63, 3.8) is 0 Å². The van der Waals surface area contributed by atoms with E-state index in [1.165, 1.54) is 6.33 Å². The van der Waals surface area contributed by atoms with Crippen LogP contribution in [0, 0.1) is 0 Å². The van der Waals surface area contributed by atoms with Gasteiger partial charge in [-0.3, -0.25) is 9.89 Å². The van der Waals surface area contributed by atoms with Gasteiger partial charge in [-0.2, -0.15) is 5.10 Å². The van der Waals surface area contributed by atoms with E-state index in [0.717, 1.165) is 0 Å². The van der Waals surface area contributed by atoms with E-state index in [1.807, 2.05) is 0 Å². The molecule has 1 rings (SSSR count). The first kappa shape index (κ1) is 9.66. The van der Waals surface area contributed by atoms with E-state index in [9.17, 15) is 4.79 Å². The van der Waals surface area contributed by atoms with Crippen LogP contribution < -0.4 is 5.32 Å². The van der Waals surface area contributed by atoms with Crippen molar-refractivity contribution < 1.29 is 9.53 Å². The number of hydrogen-bond acceptors (Lipinski definition) is 4. The zero-order valence-electron chi connectivity index (χ0n) is 7.41. The second-order valence-electron chi connectivity index (χ2n) is 2.45. The molecule has 0 bridgehead atoms. The Hall–Kier alpha value is -1.43. The molecule has 1 heterocycles. The van der Waals surface area contributed by atoms with E-state index in [2.05, 4.69) is 20.5 Å². The molecule has 13 heavy (non-hydrogen) atoms. The number of hydrogen-bond donors (Lipinski definition) is 2. The first-order chi connectivity index (χ1) is 6.33. The maximum Gasteiger partial charge on any atom is 0.222 e. The zero-order chi connectivity index (χ0) is 9.52. The molecule has 0 spiro atoms. The van der Waals surface area contributed by atoms with Crippen LogP contribution in [-0.2, 0) is 16.1 Å². The first-order valence-corrected chi connectivity index (χ1v) is 3.93. The highest BCUT2D eigenvalue weighted by atomic mass is 16.5. The third kappa shape index (κ3) is 3.66. The molecule has 0 aromatic carbocycles. The Morgan fingerprint density at radius 3 is 3.23 bits per heavy atom. The Morgan fingerprint density at radius 1 is 1.77 bits per heavy atom. The molecule has 1 aromatic rings. The van der Waals surface area contributed by atoms with Gasteiger partial charge in [0, 0.05) is 13.5 Å². The highest BCUT2D eigenvalue weighted by Crippen LogP contribution is 1.86. The molecule has 0 saturated heterocycles. The summed E-state index contributed by atoms with van der Waals surface area (Å²) in [6.45, 7) is 0.810. The van der Waals surface area contributed by atoms with Crippen molar-refractivity contribution >= 4 is 5.91 Å². The molecular formula is C7H12N4O2. The number of carbonyl (C=O) groups excluding carboxylic acids is 1. The van der Waals surface area contributed by atoms with Gasteiger partial charge in [0.15, 0.2) is 0 Å². The van der Waals surface area contributed by atoms with Gasteiger partial charge in [0.2, 0.25) is 5.91 Å². The molecular weight excluding hydrogens is 172 g/mol. The number of aromatic amines is 1. The second-order valence-corrected chi connectivity index (χ2v) is 2.45. The second kappa shape index (κ2) is 5.26. The summed E-state index contributed by atoms with van der Waals surface area (Å²) < 4.78 is 4.75. The molecule has 1 aromatic heterocycles. The molecule has 72 valence electrons. The van der Waals surface area contributed by atoms with Crippen molar-refractivity contribution in [3.05, 3.63) is 12.2 Å². The average Bonchev–Trinajstić information content (AvgIpc) is 2.64. The molecule has 0 fully saturated rings. The molecule has 0 unspecified atom stereocenters. The van der Waals surface area contributed by atoms with E-state index in [-0.39, 0.29) is 5.91 Å². The van der Waals surface area contributed by atoms with E-state index in [4.69, 9.17) is 4.74 Å². The number of carbonyl (C=O) groups is 1. The van der Waals surface area contributed by atoms with Crippen LogP contribution in [0.1, 0.15) is 12.2 Å². The van der Waals surface area contributed by atoms with Gasteiger partial charge in [0.25, 0.3) is 0 Å². The molecule has 0 radical (unpaired) electrons. The van der Waals surface area contributed by atoms with Crippen LogP contribution in [0.5, 0.6) is 0 Å². The minimum Gasteiger partial charge on any atom is -0.384 e. The maximum atomic E-state index is 11.0. The molecule has 0 aliphatic carbocycles. The van der Waals surface area contributed by atoms with Crippen molar-refractivity contribution in [3.8, 4) is 0 Å². The van der Waals surface area contributed by atoms with Crippen molar-refractivity contribution in [2.75, 3.05) is 13.7 Å². The summed E-state index contributed by atoms with van der Waals surface area (Å²) in [5.41, 5.74) is 0. The fraction of sp³-hybridized carbons (Fsp3) is 0.571. The van der Waals surface area contributed by atoms with Crippen LogP contribution in [0.4, 0.5) is 0 Å². The molecule has 1 amide bonds. The highest BCUT2D eigenvalue weighted by molar-refractivity contribution is 5.75. The van der Waals surface area contributed by atoms with Gasteiger partial charge in [-0.15, -0.1) is 0 Å². The maximum absolute atomic E-state index is 11.0. The van der Waals surface area contributed by atoms with Crippen LogP contribution in [0.3, 0.4) is 0 Å². The third-order valence-electron chi connectivity index (χ3n) is 1.45. The van der Waals surface area contributed by atoms with E-state index in [1.54, 1.807) is 7.11 Å². The quantitative estimate of drug-likeness (QED) is 0.644. The highest BCUT2D eigenvalue weighted by Gasteiger charge is 2.01. The Labute approximate surface area is 75.7 Å². The van der Waals surface area contributed by atoms with Crippen molar-refractivity contribution in [1.82, 2.24) is 20.5 Å². The lowest BCUT2D eigenvalue weighted by molar-refractivity contribution is -0.122. The summed E-state index contributed by atoms with van der Waals surface area (Å²) in [6, 6.07) is 0. The Kier molecular flexibility index (Phi) is 3.90. The number of ether oxygens (including phenoxy) is 1. The SMILES string of the molecule is COCCC(=O)NCc1ncn[nH]1. The van der Waals surface area contributed by atoms with Crippen LogP contribution >= 0.6 is 0 Å². The lowest BCUT2D eigenvalue weighted by Gasteiger charge is -2.01. The predicted octanol–water partition coefficient (Wildman–Crippen LogP) is -0.543. The molecule has 0 aliphatic heterocycles. The van der Waals surface area contributed by atoms with E-state index >= 15 is 0 Å². The number of aromatic nitrogens is 3. The Balaban J connectivity index is 2.15. The summed E-state index contributed by atoms with van der Waals surface area (Å²) in [7, 11) is 1.56. The van der Waals surface area contributed by atoms with Crippen LogP contribution in [0.2, 0.25) is 0 Å². The largest absolute Gasteiger partial charge is 0.384 e. The van der Waals surface area contributed by atoms with Crippen molar-refractivity contribution in [2.45, 2.75) is 13.0 Å². The van der Waals surface area contributed by atoms with E-state index in [0.29, 0.717) is 25.4 Å². The third-order valence-corrected chi connectivity index (χ3v) is 1.45. The molecule has 2 N–H and O–H groups in total. The Bertz CT molecular complexity index is 247. The molecule has 0 atom stereocenters. The van der Waals surface area contributed by atoms with Crippen LogP contribution in [0.25, 0.3) is 0 Å². The van der Waals surface area contributed by atoms with E-state index < -0.39 is 0 Å². The fourth-order valence-electron chi connectivity index (χ4n) is 0.781. The summed E-state index contributed by atoms with van der Waals surface area (Å²) in [6.07, 6.45) is 1.77. The number of nitrogens with zero attached hydrogens (tertiary/aromatic N) is 2. The minimum atomic E-state index is -0.0572. The Morgan fingerprint density at radius 2 is 2.62 bits per heavy atom. The lowest BCUT2D eigenvalue weighted by Crippen LogP contribution is -2.24. The summed E-state index contributed by atoms with van der Waals surface area (Å²) in [4.78, 5) is 14.9. The summed E-state index contributed by atoms with van der Waals surface area (Å²) >= 11 is 0. The smallest absolute Gasteiger partial charge is 0.222 e. The van der Waals surface area contributed by atoms with Gasteiger partial charge in [0.05, 0.1) is 13.2 Å². The number of H-pyrrole nitrogens is 1. The molecule has 0 aliphatic rings. The average molecular weight is 184 g/mol. The zero-order valence-corrected chi connectivity index (χ0v) is 7.41. The molecule has 6 nitrogen and oxygen atoms in total. The van der Waals surface area contributed by atoms with Gasteiger partial charge in [-0.1, -0.05) is 0 Å². The number of nitrogens with one attached hydrogen (secondary N) is 2. The van der Waals surface area contributed by atoms with Gasteiger partial charge in [-0.05, 0) is 0 Å². The van der Waals surface area contributed by atoms with Crippen molar-refractivity contribution in [1.29, 1.82) is 0 Å². The number of rotatable bonds is 5. The number of amides is 1. The molecule has 6 heteroatoms. The van der Waals surface area contributed by atoms with Crippen LogP contribution in [-0.4, -0.2) is 34.8 Å². The normalized spacial score (nSPS) is 9.92. The summed E-state index contributed by atoms with van der Waals surface area (Å²) in [5, 5.41) is 8.96. The minimum absolute atomic E-state index is 0.0572. The first-order valence-electron chi connectivity index (χ1n) is 3.93. The van der Waals surface area contributed by atoms with Gasteiger partial charge < -0.3 is 10.1 Å². The standard InChI is InChI=1S/C7H12N4O2/c1-13-3-2-7(12)8-4-6-9-5-10-11-6/h5H,2-4H2,1H3,(H,8,12)(H,9,10,11). The lowest BCUT2D eigenvalue weighted by atomic mass is 10.4. The van der Waals surface area contributed by atoms with Crippen molar-refractivity contribution in [2.24, 2.45) is 0 Å². The van der Waals surface area contributed by atoms with Gasteiger partial charge >= 0.3 is 0 Å².